The molecule has 0 N–H and O–H groups in total. The third-order valence-electron chi connectivity index (χ3n) is 2.50. The highest BCUT2D eigenvalue weighted by Gasteiger charge is 2.10. The van der Waals surface area contributed by atoms with Gasteiger partial charge in [0.15, 0.2) is 12.4 Å². The van der Waals surface area contributed by atoms with Crippen LogP contribution in [-0.4, -0.2) is 10.1 Å². The zero-order valence-corrected chi connectivity index (χ0v) is 11.4. The van der Waals surface area contributed by atoms with Crippen LogP contribution in [0.1, 0.15) is 37.0 Å². The van der Waals surface area contributed by atoms with Crippen LogP contribution in [0, 0.1) is 6.92 Å². The zero-order valence-electron chi connectivity index (χ0n) is 10.6. The highest BCUT2D eigenvalue weighted by atomic mass is 35.5. The molecule has 18 heavy (non-hydrogen) atoms. The summed E-state index contributed by atoms with van der Waals surface area (Å²) < 4.78 is 10.7. The summed E-state index contributed by atoms with van der Waals surface area (Å²) in [7, 11) is 0. The highest BCUT2D eigenvalue weighted by Crippen LogP contribution is 2.23. The fraction of sp³-hybridized carbons (Fsp3) is 0.385. The van der Waals surface area contributed by atoms with E-state index < -0.39 is 0 Å². The van der Waals surface area contributed by atoms with Crippen molar-refractivity contribution in [3.05, 3.63) is 40.5 Å². The van der Waals surface area contributed by atoms with Gasteiger partial charge < -0.3 is 9.26 Å². The van der Waals surface area contributed by atoms with E-state index in [0.717, 1.165) is 11.3 Å². The number of aryl methyl sites for hydroxylation is 1. The molecule has 0 aliphatic heterocycles. The molecular formula is C13H15ClN2O2. The monoisotopic (exact) mass is 266 g/mol. The van der Waals surface area contributed by atoms with E-state index in [9.17, 15) is 0 Å². The highest BCUT2D eigenvalue weighted by molar-refractivity contribution is 6.30. The molecule has 0 spiro atoms. The van der Waals surface area contributed by atoms with Crippen LogP contribution in [-0.2, 0) is 6.61 Å². The number of rotatable bonds is 4. The molecule has 0 amide bonds. The molecule has 0 bridgehead atoms. The molecule has 2 aromatic rings. The van der Waals surface area contributed by atoms with Gasteiger partial charge in [0.1, 0.15) is 5.75 Å². The van der Waals surface area contributed by atoms with E-state index in [1.165, 1.54) is 0 Å². The van der Waals surface area contributed by atoms with Gasteiger partial charge >= 0.3 is 0 Å². The lowest BCUT2D eigenvalue weighted by atomic mass is 10.2. The molecular weight excluding hydrogens is 252 g/mol. The second kappa shape index (κ2) is 5.40. The third-order valence-corrected chi connectivity index (χ3v) is 2.74. The molecule has 0 aliphatic rings. The second-order valence-electron chi connectivity index (χ2n) is 4.40. The molecule has 0 aliphatic carbocycles. The zero-order chi connectivity index (χ0) is 13.1. The SMILES string of the molecule is Cc1ccc(Cl)cc1OCc1nc(C(C)C)no1. The lowest BCUT2D eigenvalue weighted by molar-refractivity contribution is 0.241. The first-order valence-electron chi connectivity index (χ1n) is 5.77. The van der Waals surface area contributed by atoms with Crippen LogP contribution in [0.15, 0.2) is 22.7 Å². The summed E-state index contributed by atoms with van der Waals surface area (Å²) in [5.41, 5.74) is 1.02. The van der Waals surface area contributed by atoms with Crippen LogP contribution >= 0.6 is 11.6 Å². The molecule has 0 unspecified atom stereocenters. The maximum absolute atomic E-state index is 5.91. The number of hydrogen-bond acceptors (Lipinski definition) is 4. The Bertz CT molecular complexity index is 538. The van der Waals surface area contributed by atoms with Crippen LogP contribution < -0.4 is 4.74 Å². The fourth-order valence-corrected chi connectivity index (χ4v) is 1.59. The number of halogens is 1. The Hall–Kier alpha value is -1.55. The molecule has 1 aromatic heterocycles. The van der Waals surface area contributed by atoms with Crippen molar-refractivity contribution in [3.8, 4) is 5.75 Å². The lowest BCUT2D eigenvalue weighted by Crippen LogP contribution is -1.98. The molecule has 0 saturated carbocycles. The van der Waals surface area contributed by atoms with Crippen molar-refractivity contribution < 1.29 is 9.26 Å². The van der Waals surface area contributed by atoms with E-state index in [1.807, 2.05) is 32.9 Å². The quantitative estimate of drug-likeness (QED) is 0.846. The Balaban J connectivity index is 2.04. The average molecular weight is 267 g/mol. The Labute approximate surface area is 111 Å². The van der Waals surface area contributed by atoms with E-state index >= 15 is 0 Å². The van der Waals surface area contributed by atoms with Crippen molar-refractivity contribution in [2.24, 2.45) is 0 Å². The Morgan fingerprint density at radius 2 is 2.17 bits per heavy atom. The maximum Gasteiger partial charge on any atom is 0.264 e. The fourth-order valence-electron chi connectivity index (χ4n) is 1.43. The normalized spacial score (nSPS) is 10.9. The van der Waals surface area contributed by atoms with Crippen molar-refractivity contribution >= 4 is 11.6 Å². The Morgan fingerprint density at radius 1 is 1.39 bits per heavy atom. The van der Waals surface area contributed by atoms with Crippen molar-refractivity contribution in [2.45, 2.75) is 33.3 Å². The van der Waals surface area contributed by atoms with Gasteiger partial charge in [-0.15, -0.1) is 0 Å². The summed E-state index contributed by atoms with van der Waals surface area (Å²) in [5, 5.41) is 4.52. The molecule has 0 fully saturated rings. The van der Waals surface area contributed by atoms with E-state index in [-0.39, 0.29) is 12.5 Å². The van der Waals surface area contributed by atoms with Crippen molar-refractivity contribution in [1.82, 2.24) is 10.1 Å². The minimum Gasteiger partial charge on any atom is -0.483 e. The topological polar surface area (TPSA) is 48.2 Å². The molecule has 4 nitrogen and oxygen atoms in total. The minimum absolute atomic E-state index is 0.246. The standard InChI is InChI=1S/C13H15ClN2O2/c1-8(2)13-15-12(18-16-13)7-17-11-6-10(14)5-4-9(11)3/h4-6,8H,7H2,1-3H3. The molecule has 0 saturated heterocycles. The van der Waals surface area contributed by atoms with Crippen LogP contribution in [0.3, 0.4) is 0 Å². The number of ether oxygens (including phenoxy) is 1. The van der Waals surface area contributed by atoms with Gasteiger partial charge in [-0.2, -0.15) is 4.98 Å². The number of nitrogens with zero attached hydrogens (tertiary/aromatic N) is 2. The molecule has 1 aromatic carbocycles. The second-order valence-corrected chi connectivity index (χ2v) is 4.84. The summed E-state index contributed by atoms with van der Waals surface area (Å²) in [6.45, 7) is 6.23. The molecule has 96 valence electrons. The van der Waals surface area contributed by atoms with Gasteiger partial charge in [-0.1, -0.05) is 36.7 Å². The summed E-state index contributed by atoms with van der Waals surface area (Å²) >= 11 is 5.91. The van der Waals surface area contributed by atoms with Crippen LogP contribution in [0.2, 0.25) is 5.02 Å². The van der Waals surface area contributed by atoms with E-state index in [4.69, 9.17) is 20.9 Å². The van der Waals surface area contributed by atoms with Gasteiger partial charge in [0, 0.05) is 10.9 Å². The first kappa shape index (κ1) is 12.9. The summed E-state index contributed by atoms with van der Waals surface area (Å²) in [6, 6.07) is 5.51. The number of aromatic nitrogens is 2. The molecule has 0 radical (unpaired) electrons. The first-order valence-corrected chi connectivity index (χ1v) is 6.15. The summed E-state index contributed by atoms with van der Waals surface area (Å²) in [6.07, 6.45) is 0. The van der Waals surface area contributed by atoms with Crippen LogP contribution in [0.5, 0.6) is 5.75 Å². The minimum atomic E-state index is 0.246. The number of benzene rings is 1. The third kappa shape index (κ3) is 3.01. The van der Waals surface area contributed by atoms with Gasteiger partial charge in [-0.25, -0.2) is 0 Å². The van der Waals surface area contributed by atoms with Gasteiger partial charge in [0.05, 0.1) is 0 Å². The van der Waals surface area contributed by atoms with E-state index in [1.54, 1.807) is 6.07 Å². The van der Waals surface area contributed by atoms with Gasteiger partial charge in [-0.05, 0) is 24.6 Å². The lowest BCUT2D eigenvalue weighted by Gasteiger charge is -2.06. The van der Waals surface area contributed by atoms with Crippen molar-refractivity contribution in [1.29, 1.82) is 0 Å². The molecule has 1 heterocycles. The number of hydrogen-bond donors (Lipinski definition) is 0. The Kier molecular flexibility index (Phi) is 3.87. The molecule has 0 atom stereocenters. The van der Waals surface area contributed by atoms with Crippen molar-refractivity contribution in [2.75, 3.05) is 0 Å². The van der Waals surface area contributed by atoms with Gasteiger partial charge in [0.2, 0.25) is 0 Å². The largest absolute Gasteiger partial charge is 0.483 e. The van der Waals surface area contributed by atoms with Crippen LogP contribution in [0.4, 0.5) is 0 Å². The average Bonchev–Trinajstić information content (AvgIpc) is 2.79. The Morgan fingerprint density at radius 3 is 2.83 bits per heavy atom. The van der Waals surface area contributed by atoms with Gasteiger partial charge in [-0.3, -0.25) is 0 Å². The maximum atomic E-state index is 5.91. The molecule has 2 rings (SSSR count). The van der Waals surface area contributed by atoms with E-state index in [0.29, 0.717) is 16.7 Å². The summed E-state index contributed by atoms with van der Waals surface area (Å²) in [4.78, 5) is 4.24. The van der Waals surface area contributed by atoms with Gasteiger partial charge in [0.25, 0.3) is 5.89 Å². The van der Waals surface area contributed by atoms with E-state index in [2.05, 4.69) is 10.1 Å². The van der Waals surface area contributed by atoms with Crippen molar-refractivity contribution in [3.63, 3.8) is 0 Å². The molecule has 5 heteroatoms. The smallest absolute Gasteiger partial charge is 0.264 e. The predicted octanol–water partition coefficient (Wildman–Crippen LogP) is 3.73. The summed E-state index contributed by atoms with van der Waals surface area (Å²) in [5.74, 6) is 2.14. The predicted molar refractivity (Wildman–Crippen MR) is 68.9 cm³/mol. The first-order chi connectivity index (χ1) is 8.56. The van der Waals surface area contributed by atoms with Crippen LogP contribution in [0.25, 0.3) is 0 Å².